The molecular weight excluding hydrogens is 324 g/mol. The van der Waals surface area contributed by atoms with Crippen LogP contribution in [0.5, 0.6) is 0 Å². The van der Waals surface area contributed by atoms with Crippen molar-refractivity contribution in [2.45, 2.75) is 32.8 Å². The summed E-state index contributed by atoms with van der Waals surface area (Å²) in [5, 5.41) is 7.16. The van der Waals surface area contributed by atoms with E-state index in [9.17, 15) is 0 Å². The van der Waals surface area contributed by atoms with Crippen LogP contribution in [0.1, 0.15) is 24.0 Å². The van der Waals surface area contributed by atoms with E-state index in [0.29, 0.717) is 11.2 Å². The summed E-state index contributed by atoms with van der Waals surface area (Å²) in [6.45, 7) is 5.80. The molecule has 0 radical (unpaired) electrons. The molecule has 0 unspecified atom stereocenters. The third kappa shape index (κ3) is 4.16. The van der Waals surface area contributed by atoms with Crippen molar-refractivity contribution in [1.82, 2.24) is 5.32 Å². The van der Waals surface area contributed by atoms with E-state index in [2.05, 4.69) is 52.5 Å². The fraction of sp³-hybridized carbons (Fsp3) is 0.500. The highest BCUT2D eigenvalue weighted by atomic mass is 79.9. The van der Waals surface area contributed by atoms with Gasteiger partial charge in [0.25, 0.3) is 0 Å². The Morgan fingerprint density at radius 3 is 2.68 bits per heavy atom. The second-order valence-corrected chi connectivity index (χ2v) is 6.21. The lowest BCUT2D eigenvalue weighted by atomic mass is 10.1. The highest BCUT2D eigenvalue weighted by Gasteiger charge is 2.15. The van der Waals surface area contributed by atoms with Gasteiger partial charge in [-0.1, -0.05) is 15.9 Å². The van der Waals surface area contributed by atoms with Gasteiger partial charge >= 0.3 is 0 Å². The highest BCUT2D eigenvalue weighted by molar-refractivity contribution is 9.10. The number of thiocarbonyl (C=S) groups is 1. The maximum absolute atomic E-state index is 5.56. The van der Waals surface area contributed by atoms with Gasteiger partial charge in [0.05, 0.1) is 6.10 Å². The second-order valence-electron chi connectivity index (χ2n) is 4.88. The average molecular weight is 343 g/mol. The molecule has 104 valence electrons. The Kier molecular flexibility index (Phi) is 5.19. The van der Waals surface area contributed by atoms with Crippen molar-refractivity contribution < 1.29 is 4.74 Å². The summed E-state index contributed by atoms with van der Waals surface area (Å²) in [6, 6.07) is 4.16. The van der Waals surface area contributed by atoms with E-state index in [1.807, 2.05) is 0 Å². The molecule has 1 aliphatic rings. The maximum atomic E-state index is 5.56. The van der Waals surface area contributed by atoms with Gasteiger partial charge in [0.2, 0.25) is 0 Å². The summed E-state index contributed by atoms with van der Waals surface area (Å²) in [5.41, 5.74) is 3.43. The normalized spacial score (nSPS) is 18.4. The standard InChI is InChI=1S/C14H19BrN2OS/c1-9-6-11(15)7-10(2)13(9)17-14(19)16-8-12-4-3-5-18-12/h6-7,12H,3-5,8H2,1-2H3,(H2,16,17,19)/t12-/m1/s1. The molecule has 1 aromatic carbocycles. The third-order valence-corrected chi connectivity index (χ3v) is 3.95. The number of rotatable bonds is 3. The minimum atomic E-state index is 0.298. The summed E-state index contributed by atoms with van der Waals surface area (Å²) >= 11 is 8.83. The topological polar surface area (TPSA) is 33.3 Å². The van der Waals surface area contributed by atoms with Crippen LogP contribution in [-0.2, 0) is 4.74 Å². The predicted octanol–water partition coefficient (Wildman–Crippen LogP) is 3.53. The first kappa shape index (κ1) is 14.8. The minimum absolute atomic E-state index is 0.298. The second kappa shape index (κ2) is 6.68. The third-order valence-electron chi connectivity index (χ3n) is 3.25. The van der Waals surface area contributed by atoms with Crippen molar-refractivity contribution in [3.8, 4) is 0 Å². The quantitative estimate of drug-likeness (QED) is 0.823. The SMILES string of the molecule is Cc1cc(Br)cc(C)c1NC(=S)NC[C@H]1CCCO1. The Balaban J connectivity index is 1.91. The molecule has 2 N–H and O–H groups in total. The Morgan fingerprint density at radius 2 is 2.11 bits per heavy atom. The van der Waals surface area contributed by atoms with Gasteiger partial charge in [-0.3, -0.25) is 0 Å². The fourth-order valence-electron chi connectivity index (χ4n) is 2.28. The van der Waals surface area contributed by atoms with Gasteiger partial charge in [-0.15, -0.1) is 0 Å². The van der Waals surface area contributed by atoms with Crippen molar-refractivity contribution in [3.05, 3.63) is 27.7 Å². The molecule has 5 heteroatoms. The number of halogens is 1. The molecule has 19 heavy (non-hydrogen) atoms. The molecule has 1 fully saturated rings. The highest BCUT2D eigenvalue weighted by Crippen LogP contribution is 2.25. The van der Waals surface area contributed by atoms with Crippen LogP contribution in [0, 0.1) is 13.8 Å². The largest absolute Gasteiger partial charge is 0.376 e. The molecule has 0 aromatic heterocycles. The van der Waals surface area contributed by atoms with Gasteiger partial charge < -0.3 is 15.4 Å². The van der Waals surface area contributed by atoms with Crippen LogP contribution >= 0.6 is 28.1 Å². The lowest BCUT2D eigenvalue weighted by molar-refractivity contribution is 0.114. The maximum Gasteiger partial charge on any atom is 0.170 e. The number of anilines is 1. The van der Waals surface area contributed by atoms with Gasteiger partial charge in [-0.25, -0.2) is 0 Å². The number of aryl methyl sites for hydroxylation is 2. The van der Waals surface area contributed by atoms with Crippen LogP contribution in [-0.4, -0.2) is 24.4 Å². The molecule has 0 amide bonds. The molecule has 1 heterocycles. The van der Waals surface area contributed by atoms with Crippen LogP contribution in [0.25, 0.3) is 0 Å². The Morgan fingerprint density at radius 1 is 1.42 bits per heavy atom. The molecule has 0 bridgehead atoms. The summed E-state index contributed by atoms with van der Waals surface area (Å²) < 4.78 is 6.65. The zero-order chi connectivity index (χ0) is 13.8. The van der Waals surface area contributed by atoms with Gasteiger partial charge in [0, 0.05) is 23.3 Å². The van der Waals surface area contributed by atoms with E-state index in [1.165, 1.54) is 11.1 Å². The van der Waals surface area contributed by atoms with Gasteiger partial charge in [-0.05, 0) is 62.2 Å². The van der Waals surface area contributed by atoms with Crippen LogP contribution in [0.3, 0.4) is 0 Å². The summed E-state index contributed by atoms with van der Waals surface area (Å²) in [6.07, 6.45) is 2.57. The molecule has 0 saturated carbocycles. The first-order chi connectivity index (χ1) is 9.06. The molecule has 0 spiro atoms. The van der Waals surface area contributed by atoms with E-state index in [-0.39, 0.29) is 0 Å². The zero-order valence-electron chi connectivity index (χ0n) is 11.3. The first-order valence-electron chi connectivity index (χ1n) is 6.49. The molecule has 1 aromatic rings. The van der Waals surface area contributed by atoms with E-state index in [0.717, 1.165) is 36.2 Å². The molecule has 1 atom stereocenters. The summed E-state index contributed by atoms with van der Waals surface area (Å²) in [7, 11) is 0. The lowest BCUT2D eigenvalue weighted by Crippen LogP contribution is -2.35. The number of hydrogen-bond donors (Lipinski definition) is 2. The van der Waals surface area contributed by atoms with Crippen molar-refractivity contribution in [1.29, 1.82) is 0 Å². The zero-order valence-corrected chi connectivity index (χ0v) is 13.7. The Bertz CT molecular complexity index is 450. The average Bonchev–Trinajstić information content (AvgIpc) is 2.84. The van der Waals surface area contributed by atoms with E-state index < -0.39 is 0 Å². The van der Waals surface area contributed by atoms with Crippen LogP contribution < -0.4 is 10.6 Å². The monoisotopic (exact) mass is 342 g/mol. The fourth-order valence-corrected chi connectivity index (χ4v) is 3.15. The van der Waals surface area contributed by atoms with Crippen LogP contribution in [0.15, 0.2) is 16.6 Å². The molecule has 0 aliphatic carbocycles. The smallest absolute Gasteiger partial charge is 0.170 e. The van der Waals surface area contributed by atoms with Crippen molar-refractivity contribution in [3.63, 3.8) is 0 Å². The minimum Gasteiger partial charge on any atom is -0.376 e. The van der Waals surface area contributed by atoms with Crippen molar-refractivity contribution in [2.24, 2.45) is 0 Å². The predicted molar refractivity (Wildman–Crippen MR) is 86.8 cm³/mol. The van der Waals surface area contributed by atoms with Gasteiger partial charge in [0.1, 0.15) is 0 Å². The Labute approximate surface area is 128 Å². The lowest BCUT2D eigenvalue weighted by Gasteiger charge is -2.17. The molecular formula is C14H19BrN2OS. The molecule has 2 rings (SSSR count). The number of ether oxygens (including phenoxy) is 1. The number of benzene rings is 1. The number of nitrogens with one attached hydrogen (secondary N) is 2. The molecule has 1 saturated heterocycles. The Hall–Kier alpha value is -0.650. The number of hydrogen-bond acceptors (Lipinski definition) is 2. The summed E-state index contributed by atoms with van der Waals surface area (Å²) in [5.74, 6) is 0. The summed E-state index contributed by atoms with van der Waals surface area (Å²) in [4.78, 5) is 0. The van der Waals surface area contributed by atoms with E-state index in [4.69, 9.17) is 17.0 Å². The van der Waals surface area contributed by atoms with Crippen molar-refractivity contribution >= 4 is 38.9 Å². The van der Waals surface area contributed by atoms with Crippen molar-refractivity contribution in [2.75, 3.05) is 18.5 Å². The van der Waals surface area contributed by atoms with Crippen LogP contribution in [0.2, 0.25) is 0 Å². The molecule has 3 nitrogen and oxygen atoms in total. The van der Waals surface area contributed by atoms with Crippen LogP contribution in [0.4, 0.5) is 5.69 Å². The first-order valence-corrected chi connectivity index (χ1v) is 7.69. The van der Waals surface area contributed by atoms with E-state index in [1.54, 1.807) is 0 Å². The van der Waals surface area contributed by atoms with Gasteiger partial charge in [-0.2, -0.15) is 0 Å². The van der Waals surface area contributed by atoms with E-state index >= 15 is 0 Å². The van der Waals surface area contributed by atoms with Gasteiger partial charge in [0.15, 0.2) is 5.11 Å². The molecule has 1 aliphatic heterocycles.